The number of benzene rings is 2. The lowest BCUT2D eigenvalue weighted by molar-refractivity contribution is 0.155. The van der Waals surface area contributed by atoms with E-state index in [9.17, 15) is 9.90 Å². The number of rotatable bonds is 5. The van der Waals surface area contributed by atoms with E-state index >= 15 is 0 Å². The van der Waals surface area contributed by atoms with Gasteiger partial charge in [0.2, 0.25) is 0 Å². The lowest BCUT2D eigenvalue weighted by atomic mass is 10.0. The van der Waals surface area contributed by atoms with Crippen LogP contribution < -0.4 is 10.6 Å². The molecule has 3 N–H and O–H groups in total. The fraction of sp³-hybridized carbons (Fsp3) is 0.350. The molecule has 0 spiro atoms. The zero-order chi connectivity index (χ0) is 17.7. The Balaban J connectivity index is 1.93. The highest BCUT2D eigenvalue weighted by Crippen LogP contribution is 2.22. The molecule has 0 saturated carbocycles. The highest BCUT2D eigenvalue weighted by atomic mass is 16.3. The van der Waals surface area contributed by atoms with Gasteiger partial charge in [0.15, 0.2) is 0 Å². The number of urea groups is 1. The number of aliphatic hydroxyl groups excluding tert-OH is 1. The van der Waals surface area contributed by atoms with Gasteiger partial charge in [-0.25, -0.2) is 4.79 Å². The fourth-order valence-electron chi connectivity index (χ4n) is 2.96. The van der Waals surface area contributed by atoms with Crippen molar-refractivity contribution in [3.8, 4) is 0 Å². The first-order valence-corrected chi connectivity index (χ1v) is 8.25. The molecule has 2 amide bonds. The molecule has 2 rings (SSSR count). The molecule has 0 saturated heterocycles. The molecule has 0 aliphatic rings. The molecule has 0 aliphatic heterocycles. The van der Waals surface area contributed by atoms with Crippen LogP contribution in [0.25, 0.3) is 0 Å². The summed E-state index contributed by atoms with van der Waals surface area (Å²) in [6.45, 7) is 7.90. The van der Waals surface area contributed by atoms with Gasteiger partial charge in [0, 0.05) is 11.7 Å². The normalized spacial score (nSPS) is 13.2. The van der Waals surface area contributed by atoms with Crippen molar-refractivity contribution in [3.63, 3.8) is 0 Å². The van der Waals surface area contributed by atoms with Gasteiger partial charge in [-0.05, 0) is 50.8 Å². The molecule has 0 aliphatic carbocycles. The van der Waals surface area contributed by atoms with Crippen LogP contribution in [-0.2, 0) is 0 Å². The number of anilines is 1. The summed E-state index contributed by atoms with van der Waals surface area (Å²) in [6.07, 6.45) is -0.132. The van der Waals surface area contributed by atoms with E-state index in [0.29, 0.717) is 6.42 Å². The average Bonchev–Trinajstić information content (AvgIpc) is 2.51. The van der Waals surface area contributed by atoms with Crippen LogP contribution in [0.3, 0.4) is 0 Å². The third-order valence-electron chi connectivity index (χ3n) is 4.05. The van der Waals surface area contributed by atoms with Crippen LogP contribution in [-0.4, -0.2) is 17.2 Å². The van der Waals surface area contributed by atoms with Gasteiger partial charge in [0.25, 0.3) is 0 Å². The van der Waals surface area contributed by atoms with E-state index in [1.807, 2.05) is 70.2 Å². The summed E-state index contributed by atoms with van der Waals surface area (Å²) in [4.78, 5) is 12.2. The van der Waals surface area contributed by atoms with Crippen molar-refractivity contribution in [1.29, 1.82) is 0 Å². The maximum atomic E-state index is 12.2. The van der Waals surface area contributed by atoms with Crippen molar-refractivity contribution in [2.75, 3.05) is 5.32 Å². The monoisotopic (exact) mass is 326 g/mol. The molecule has 4 nitrogen and oxygen atoms in total. The van der Waals surface area contributed by atoms with Crippen LogP contribution in [0.15, 0.2) is 42.5 Å². The van der Waals surface area contributed by atoms with E-state index in [2.05, 4.69) is 10.6 Å². The third-order valence-corrected chi connectivity index (χ3v) is 4.05. The number of hydrogen-bond donors (Lipinski definition) is 3. The summed E-state index contributed by atoms with van der Waals surface area (Å²) in [5, 5.41) is 16.0. The number of nitrogens with one attached hydrogen (secondary N) is 2. The van der Waals surface area contributed by atoms with Gasteiger partial charge in [0.05, 0.1) is 6.10 Å². The van der Waals surface area contributed by atoms with E-state index in [4.69, 9.17) is 0 Å². The Morgan fingerprint density at radius 1 is 1.08 bits per heavy atom. The largest absolute Gasteiger partial charge is 0.388 e. The van der Waals surface area contributed by atoms with E-state index in [-0.39, 0.29) is 12.1 Å². The number of amides is 2. The van der Waals surface area contributed by atoms with Crippen LogP contribution in [0.5, 0.6) is 0 Å². The van der Waals surface area contributed by atoms with Crippen LogP contribution in [0.1, 0.15) is 41.7 Å². The quantitative estimate of drug-likeness (QED) is 0.769. The Hall–Kier alpha value is -2.33. The standard InChI is InChI=1S/C20H26N2O2/c1-13-10-14(2)19(15(3)11-13)22-20(24)21-16(4)12-18(23)17-8-6-5-7-9-17/h5-11,16,18,23H,12H2,1-4H3,(H2,21,22,24). The van der Waals surface area contributed by atoms with Gasteiger partial charge >= 0.3 is 6.03 Å². The van der Waals surface area contributed by atoms with Gasteiger partial charge in [0.1, 0.15) is 0 Å². The predicted molar refractivity (Wildman–Crippen MR) is 98.3 cm³/mol. The number of carbonyl (C=O) groups excluding carboxylic acids is 1. The maximum Gasteiger partial charge on any atom is 0.319 e. The molecule has 2 aromatic carbocycles. The number of hydrogen-bond acceptors (Lipinski definition) is 2. The molecule has 0 radical (unpaired) electrons. The summed E-state index contributed by atoms with van der Waals surface area (Å²) < 4.78 is 0. The molecule has 0 bridgehead atoms. The zero-order valence-corrected chi connectivity index (χ0v) is 14.8. The second kappa shape index (κ2) is 7.97. The SMILES string of the molecule is Cc1cc(C)c(NC(=O)NC(C)CC(O)c2ccccc2)c(C)c1. The smallest absolute Gasteiger partial charge is 0.319 e. The fourth-order valence-corrected chi connectivity index (χ4v) is 2.96. The first-order valence-electron chi connectivity index (χ1n) is 8.25. The van der Waals surface area contributed by atoms with Crippen molar-refractivity contribution >= 4 is 11.7 Å². The van der Waals surface area contributed by atoms with E-state index < -0.39 is 6.10 Å². The van der Waals surface area contributed by atoms with Crippen molar-refractivity contribution in [3.05, 3.63) is 64.7 Å². The van der Waals surface area contributed by atoms with Crippen molar-refractivity contribution in [1.82, 2.24) is 5.32 Å². The number of aliphatic hydroxyl groups is 1. The second-order valence-corrected chi connectivity index (χ2v) is 6.44. The molecule has 4 heteroatoms. The average molecular weight is 326 g/mol. The Bertz CT molecular complexity index is 675. The topological polar surface area (TPSA) is 61.4 Å². The first kappa shape index (κ1) is 18.0. The van der Waals surface area contributed by atoms with Crippen molar-refractivity contribution in [2.45, 2.75) is 46.3 Å². The van der Waals surface area contributed by atoms with Crippen LogP contribution in [0.4, 0.5) is 10.5 Å². The predicted octanol–water partition coefficient (Wildman–Crippen LogP) is 4.25. The van der Waals surface area contributed by atoms with Crippen LogP contribution in [0, 0.1) is 20.8 Å². The number of carbonyl (C=O) groups is 1. The third kappa shape index (κ3) is 4.83. The first-order chi connectivity index (χ1) is 11.4. The second-order valence-electron chi connectivity index (χ2n) is 6.44. The van der Waals surface area contributed by atoms with E-state index in [1.165, 1.54) is 5.56 Å². The van der Waals surface area contributed by atoms with E-state index in [0.717, 1.165) is 22.4 Å². The maximum absolute atomic E-state index is 12.2. The zero-order valence-electron chi connectivity index (χ0n) is 14.8. The lowest BCUT2D eigenvalue weighted by Gasteiger charge is -2.20. The van der Waals surface area contributed by atoms with Gasteiger partial charge in [-0.1, -0.05) is 48.0 Å². The lowest BCUT2D eigenvalue weighted by Crippen LogP contribution is -2.37. The highest BCUT2D eigenvalue weighted by Gasteiger charge is 2.15. The summed E-state index contributed by atoms with van der Waals surface area (Å²) in [6, 6.07) is 13.2. The molecular weight excluding hydrogens is 300 g/mol. The van der Waals surface area contributed by atoms with Gasteiger partial charge in [-0.15, -0.1) is 0 Å². The van der Waals surface area contributed by atoms with Gasteiger partial charge in [-0.2, -0.15) is 0 Å². The molecule has 2 unspecified atom stereocenters. The molecule has 0 aromatic heterocycles. The van der Waals surface area contributed by atoms with Gasteiger partial charge < -0.3 is 15.7 Å². The molecular formula is C20H26N2O2. The minimum absolute atomic E-state index is 0.147. The highest BCUT2D eigenvalue weighted by molar-refractivity contribution is 5.91. The van der Waals surface area contributed by atoms with Crippen molar-refractivity contribution in [2.24, 2.45) is 0 Å². The van der Waals surface area contributed by atoms with Gasteiger partial charge in [-0.3, -0.25) is 0 Å². The number of aryl methyl sites for hydroxylation is 3. The Kier molecular flexibility index (Phi) is 5.99. The summed E-state index contributed by atoms with van der Waals surface area (Å²) in [5.74, 6) is 0. The minimum Gasteiger partial charge on any atom is -0.388 e. The molecule has 2 aromatic rings. The van der Waals surface area contributed by atoms with E-state index in [1.54, 1.807) is 0 Å². The molecule has 0 fully saturated rings. The van der Waals surface area contributed by atoms with Crippen LogP contribution in [0.2, 0.25) is 0 Å². The molecule has 128 valence electrons. The van der Waals surface area contributed by atoms with Crippen molar-refractivity contribution < 1.29 is 9.90 Å². The Morgan fingerprint density at radius 2 is 1.67 bits per heavy atom. The molecule has 2 atom stereocenters. The molecule has 0 heterocycles. The summed E-state index contributed by atoms with van der Waals surface area (Å²) in [7, 11) is 0. The summed E-state index contributed by atoms with van der Waals surface area (Å²) >= 11 is 0. The summed E-state index contributed by atoms with van der Waals surface area (Å²) in [5.41, 5.74) is 4.96. The Morgan fingerprint density at radius 3 is 2.25 bits per heavy atom. The molecule has 24 heavy (non-hydrogen) atoms. The minimum atomic E-state index is -0.593. The Labute approximate surface area is 143 Å². The van der Waals surface area contributed by atoms with Crippen LogP contribution >= 0.6 is 0 Å².